The second kappa shape index (κ2) is 32.1. The molecular weight excluding hydrogens is 745 g/mol. The van der Waals surface area contributed by atoms with Crippen LogP contribution in [0.3, 0.4) is 0 Å². The summed E-state index contributed by atoms with van der Waals surface area (Å²) >= 11 is 0. The normalized spacial score (nSPS) is 11.8. The Morgan fingerprint density at radius 1 is 0.581 bits per heavy atom. The van der Waals surface area contributed by atoms with Crippen molar-refractivity contribution in [3.63, 3.8) is 0 Å². The van der Waals surface area contributed by atoms with Gasteiger partial charge in [0.05, 0.1) is 0 Å². The van der Waals surface area contributed by atoms with Gasteiger partial charge in [0.1, 0.15) is 0 Å². The average Bonchev–Trinajstić information content (AvgIpc) is 3.31. The number of allylic oxidation sites excluding steroid dienone is 12. The van der Waals surface area contributed by atoms with Gasteiger partial charge in [-0.25, -0.2) is 0 Å². The molecule has 0 fully saturated rings. The summed E-state index contributed by atoms with van der Waals surface area (Å²) in [5, 5.41) is 0. The van der Waals surface area contributed by atoms with Crippen molar-refractivity contribution in [2.45, 2.75) is 122 Å². The van der Waals surface area contributed by atoms with E-state index >= 15 is 0 Å². The fourth-order valence-corrected chi connectivity index (χ4v) is 6.92. The summed E-state index contributed by atoms with van der Waals surface area (Å²) in [4.78, 5) is 0. The Hall–Kier alpha value is -5.72. The van der Waals surface area contributed by atoms with Crippen molar-refractivity contribution in [2.24, 2.45) is 0 Å². The van der Waals surface area contributed by atoms with Crippen LogP contribution >= 0.6 is 0 Å². The first-order valence-electron chi connectivity index (χ1n) is 23.1. The van der Waals surface area contributed by atoms with E-state index in [0.29, 0.717) is 0 Å². The van der Waals surface area contributed by atoms with Gasteiger partial charge in [0, 0.05) is 0 Å². The van der Waals surface area contributed by atoms with Gasteiger partial charge in [0.15, 0.2) is 0 Å². The SMILES string of the molecule is C=C/C(C)=C(\CC)c1cc(-c2ccc(C)c(/C(=C/C=C\CC)CC)c2)ccc1C.C=CC.CC.CC.CC1=CCCC=C1.Cc1cc(-c2ccccc2)cc(-c2ccccc2)c1. The molecule has 6 rings (SSSR count). The summed E-state index contributed by atoms with van der Waals surface area (Å²) in [5.41, 5.74) is 19.7. The number of benzene rings is 5. The van der Waals surface area contributed by atoms with Gasteiger partial charge in [-0.05, 0) is 170 Å². The number of hydrogen-bond acceptors (Lipinski definition) is 0. The molecule has 0 radical (unpaired) electrons. The van der Waals surface area contributed by atoms with Crippen LogP contribution in [-0.2, 0) is 0 Å². The van der Waals surface area contributed by atoms with Gasteiger partial charge < -0.3 is 0 Å². The molecule has 5 aromatic rings. The van der Waals surface area contributed by atoms with E-state index in [1.165, 1.54) is 96.3 Å². The summed E-state index contributed by atoms with van der Waals surface area (Å²) in [6.07, 6.45) is 22.6. The lowest BCUT2D eigenvalue weighted by Gasteiger charge is -2.15. The Balaban J connectivity index is 0.000000494. The monoisotopic (exact) mass is 825 g/mol. The Labute approximate surface area is 381 Å². The molecule has 0 unspecified atom stereocenters. The maximum atomic E-state index is 3.98. The molecule has 0 spiro atoms. The molecule has 0 atom stereocenters. The van der Waals surface area contributed by atoms with Crippen LogP contribution in [0.2, 0.25) is 0 Å². The molecule has 0 heterocycles. The van der Waals surface area contributed by atoms with Gasteiger partial charge in [-0.1, -0.05) is 206 Å². The predicted molar refractivity (Wildman–Crippen MR) is 285 cm³/mol. The molecule has 0 nitrogen and oxygen atoms in total. The lowest BCUT2D eigenvalue weighted by molar-refractivity contribution is 1.02. The van der Waals surface area contributed by atoms with Crippen LogP contribution in [0.15, 0.2) is 188 Å². The molecule has 1 aliphatic carbocycles. The summed E-state index contributed by atoms with van der Waals surface area (Å²) in [5.74, 6) is 0. The smallest absolute Gasteiger partial charge is 0.0175 e. The maximum Gasteiger partial charge on any atom is -0.0175 e. The van der Waals surface area contributed by atoms with E-state index in [1.54, 1.807) is 6.08 Å². The van der Waals surface area contributed by atoms with Crippen molar-refractivity contribution in [3.05, 3.63) is 216 Å². The highest BCUT2D eigenvalue weighted by molar-refractivity contribution is 5.80. The topological polar surface area (TPSA) is 0 Å². The van der Waals surface area contributed by atoms with E-state index in [-0.39, 0.29) is 0 Å². The molecule has 328 valence electrons. The van der Waals surface area contributed by atoms with Crippen LogP contribution in [0.25, 0.3) is 44.5 Å². The lowest BCUT2D eigenvalue weighted by Crippen LogP contribution is -1.94. The highest BCUT2D eigenvalue weighted by Crippen LogP contribution is 2.33. The van der Waals surface area contributed by atoms with Crippen molar-refractivity contribution >= 4 is 11.1 Å². The van der Waals surface area contributed by atoms with Crippen LogP contribution in [-0.4, -0.2) is 0 Å². The van der Waals surface area contributed by atoms with Gasteiger partial charge >= 0.3 is 0 Å². The van der Waals surface area contributed by atoms with Gasteiger partial charge in [-0.15, -0.1) is 6.58 Å². The van der Waals surface area contributed by atoms with Crippen LogP contribution in [0.4, 0.5) is 0 Å². The van der Waals surface area contributed by atoms with Gasteiger partial charge in [-0.2, -0.15) is 0 Å². The zero-order valence-electron chi connectivity index (χ0n) is 41.0. The minimum Gasteiger partial charge on any atom is -0.103 e. The van der Waals surface area contributed by atoms with E-state index in [2.05, 4.69) is 220 Å². The van der Waals surface area contributed by atoms with E-state index < -0.39 is 0 Å². The molecule has 0 aliphatic heterocycles. The molecular formula is C62H80. The molecule has 0 amide bonds. The standard InChI is InChI=1S/C29H36.C19H16.C7H10.C3H6.2C2H6/c1-8-12-13-14-24(10-3)28-19-25(17-15-22(28)6)26-18-16-23(7)29(20-26)27(11-4)21(5)9-2;1-15-12-18(16-8-4-2-5-9-16)14-19(13-15)17-10-6-3-7-11-17;1-7-5-3-2-4-6-7;1-3-2;2*1-2/h9,12-20H,2,8,10-11H2,1,3-7H3;2-14H,1H3;3,5-6H,2,4H2,1H3;3H,1H2,2H3;2*1-2H3/b13-12-,24-14+,27-21+;;;;;. The van der Waals surface area contributed by atoms with E-state index in [9.17, 15) is 0 Å². The van der Waals surface area contributed by atoms with Crippen LogP contribution in [0.5, 0.6) is 0 Å². The molecule has 0 saturated heterocycles. The Kier molecular flexibility index (Phi) is 28.1. The summed E-state index contributed by atoms with van der Waals surface area (Å²) in [7, 11) is 0. The van der Waals surface area contributed by atoms with Crippen molar-refractivity contribution in [3.8, 4) is 33.4 Å². The second-order valence-electron chi connectivity index (χ2n) is 14.8. The molecule has 5 aromatic carbocycles. The quantitative estimate of drug-likeness (QED) is 0.0972. The first-order chi connectivity index (χ1) is 30.1. The molecule has 62 heavy (non-hydrogen) atoms. The Bertz CT molecular complexity index is 2140. The zero-order valence-corrected chi connectivity index (χ0v) is 41.0. The zero-order chi connectivity index (χ0) is 46.3. The first kappa shape index (κ1) is 54.3. The second-order valence-corrected chi connectivity index (χ2v) is 14.8. The predicted octanol–water partition coefficient (Wildman–Crippen LogP) is 20.0. The fourth-order valence-electron chi connectivity index (χ4n) is 6.92. The van der Waals surface area contributed by atoms with E-state index in [4.69, 9.17) is 0 Å². The van der Waals surface area contributed by atoms with Crippen molar-refractivity contribution < 1.29 is 0 Å². The molecule has 0 saturated carbocycles. The third-order valence-electron chi connectivity index (χ3n) is 10.1. The van der Waals surface area contributed by atoms with Gasteiger partial charge in [-0.3, -0.25) is 0 Å². The Morgan fingerprint density at radius 2 is 1.08 bits per heavy atom. The molecule has 0 bridgehead atoms. The maximum absolute atomic E-state index is 3.98. The number of aryl methyl sites for hydroxylation is 3. The minimum absolute atomic E-state index is 1.01. The minimum atomic E-state index is 1.01. The molecule has 0 N–H and O–H groups in total. The summed E-state index contributed by atoms with van der Waals surface area (Å²) in [6.45, 7) is 34.7. The molecule has 0 aromatic heterocycles. The van der Waals surface area contributed by atoms with Crippen LogP contribution in [0, 0.1) is 20.8 Å². The number of hydrogen-bond donors (Lipinski definition) is 0. The largest absolute Gasteiger partial charge is 0.103 e. The molecule has 0 heteroatoms. The third kappa shape index (κ3) is 18.5. The van der Waals surface area contributed by atoms with Crippen molar-refractivity contribution in [1.29, 1.82) is 0 Å². The van der Waals surface area contributed by atoms with Gasteiger partial charge in [0.25, 0.3) is 0 Å². The van der Waals surface area contributed by atoms with Crippen molar-refractivity contribution in [1.82, 2.24) is 0 Å². The average molecular weight is 825 g/mol. The van der Waals surface area contributed by atoms with E-state index in [0.717, 1.165) is 19.3 Å². The highest BCUT2D eigenvalue weighted by atomic mass is 14.2. The summed E-state index contributed by atoms with van der Waals surface area (Å²) < 4.78 is 0. The number of rotatable bonds is 10. The van der Waals surface area contributed by atoms with Crippen LogP contribution < -0.4 is 0 Å². The van der Waals surface area contributed by atoms with Gasteiger partial charge in [0.2, 0.25) is 0 Å². The van der Waals surface area contributed by atoms with Crippen molar-refractivity contribution in [2.75, 3.05) is 0 Å². The highest BCUT2D eigenvalue weighted by Gasteiger charge is 2.11. The Morgan fingerprint density at radius 3 is 1.48 bits per heavy atom. The fraction of sp³-hybridized carbons (Fsp3) is 0.290. The molecule has 1 aliphatic rings. The third-order valence-corrected chi connectivity index (χ3v) is 10.1. The summed E-state index contributed by atoms with van der Waals surface area (Å²) in [6, 6.07) is 41.5. The van der Waals surface area contributed by atoms with E-state index in [1.807, 2.05) is 40.7 Å². The lowest BCUT2D eigenvalue weighted by atomic mass is 9.89. The van der Waals surface area contributed by atoms with Crippen LogP contribution in [0.1, 0.15) is 129 Å². The first-order valence-corrected chi connectivity index (χ1v) is 23.1.